The Labute approximate surface area is 188 Å². The second-order valence-corrected chi connectivity index (χ2v) is 9.98. The highest BCUT2D eigenvalue weighted by Gasteiger charge is 2.59. The molecule has 1 spiro atoms. The number of hydrogen-bond donors (Lipinski definition) is 0. The van der Waals surface area contributed by atoms with Gasteiger partial charge in [0.1, 0.15) is 0 Å². The molecule has 1 atom stereocenters. The van der Waals surface area contributed by atoms with Gasteiger partial charge in [0, 0.05) is 56.5 Å². The Balaban J connectivity index is 1.18. The second-order valence-electron chi connectivity index (χ2n) is 8.94. The summed E-state index contributed by atoms with van der Waals surface area (Å²) in [6.45, 7) is 5.97. The molecule has 0 radical (unpaired) electrons. The highest BCUT2D eigenvalue weighted by Crippen LogP contribution is 2.60. The van der Waals surface area contributed by atoms with Crippen LogP contribution in [0.5, 0.6) is 0 Å². The number of hydrogen-bond acceptors (Lipinski definition) is 5. The summed E-state index contributed by atoms with van der Waals surface area (Å²) in [4.78, 5) is 44.4. The van der Waals surface area contributed by atoms with E-state index in [1.807, 2.05) is 9.80 Å². The highest BCUT2D eigenvalue weighted by atomic mass is 32.1. The number of nitrogens with zero attached hydrogens (tertiary/aromatic N) is 3. The number of aryl methyl sites for hydroxylation is 1. The van der Waals surface area contributed by atoms with Crippen LogP contribution in [0.2, 0.25) is 0 Å². The summed E-state index contributed by atoms with van der Waals surface area (Å²) < 4.78 is 5.05. The zero-order valence-corrected chi connectivity index (χ0v) is 19.2. The number of carbonyl (C=O) groups excluding carboxylic acids is 3. The molecule has 0 aromatic carbocycles. The Bertz CT molecular complexity index is 781. The Morgan fingerprint density at radius 1 is 1.06 bits per heavy atom. The molecule has 4 rings (SSSR count). The number of piperidine rings is 1. The zero-order valence-electron chi connectivity index (χ0n) is 18.4. The summed E-state index contributed by atoms with van der Waals surface area (Å²) in [6.07, 6.45) is 5.01. The first-order valence-electron chi connectivity index (χ1n) is 11.5. The van der Waals surface area contributed by atoms with E-state index >= 15 is 0 Å². The van der Waals surface area contributed by atoms with E-state index in [1.54, 1.807) is 23.2 Å². The fourth-order valence-electron chi connectivity index (χ4n) is 5.02. The fraction of sp³-hybridized carbons (Fsp3) is 0.696. The van der Waals surface area contributed by atoms with E-state index in [2.05, 4.69) is 17.5 Å². The normalized spacial score (nSPS) is 22.5. The van der Waals surface area contributed by atoms with Crippen molar-refractivity contribution in [2.45, 2.75) is 45.4 Å². The summed E-state index contributed by atoms with van der Waals surface area (Å²) in [7, 11) is 0. The van der Waals surface area contributed by atoms with Crippen molar-refractivity contribution in [2.75, 3.05) is 45.9 Å². The van der Waals surface area contributed by atoms with Crippen LogP contribution < -0.4 is 0 Å². The molecular weight excluding hydrogens is 414 g/mol. The van der Waals surface area contributed by atoms with E-state index in [9.17, 15) is 14.4 Å². The molecule has 3 aliphatic rings. The largest absolute Gasteiger partial charge is 0.450 e. The van der Waals surface area contributed by atoms with E-state index in [0.717, 1.165) is 45.2 Å². The molecular formula is C23H33N3O4S. The monoisotopic (exact) mass is 447 g/mol. The topological polar surface area (TPSA) is 70.2 Å². The lowest BCUT2D eigenvalue weighted by atomic mass is 9.90. The van der Waals surface area contributed by atoms with Crippen molar-refractivity contribution >= 4 is 29.2 Å². The zero-order chi connectivity index (χ0) is 21.8. The fourth-order valence-corrected chi connectivity index (χ4v) is 5.77. The lowest BCUT2D eigenvalue weighted by Gasteiger charge is -2.36. The third-order valence-corrected chi connectivity index (χ3v) is 8.05. The summed E-state index contributed by atoms with van der Waals surface area (Å²) in [5.41, 5.74) is 0.100. The van der Waals surface area contributed by atoms with Crippen molar-refractivity contribution in [2.24, 2.45) is 11.3 Å². The molecule has 1 unspecified atom stereocenters. The maximum atomic E-state index is 13.0. The van der Waals surface area contributed by atoms with Gasteiger partial charge in [-0.25, -0.2) is 4.79 Å². The predicted octanol–water partition coefficient (Wildman–Crippen LogP) is 3.00. The van der Waals surface area contributed by atoms with E-state index in [1.165, 1.54) is 4.88 Å². The molecule has 2 aliphatic heterocycles. The highest BCUT2D eigenvalue weighted by molar-refractivity contribution is 7.09. The number of amides is 3. The minimum absolute atomic E-state index is 0.0951. The molecule has 0 bridgehead atoms. The Kier molecular flexibility index (Phi) is 6.84. The van der Waals surface area contributed by atoms with Crippen LogP contribution in [0, 0.1) is 11.3 Å². The SMILES string of the molecule is CCOC(=O)N1CCN(C(=O)C2CC23CCN(C(=O)CCCc2cccs2)CC3)CC1. The molecule has 1 aromatic heterocycles. The van der Waals surface area contributed by atoms with E-state index in [-0.39, 0.29) is 29.2 Å². The van der Waals surface area contributed by atoms with Gasteiger partial charge in [-0.3, -0.25) is 9.59 Å². The van der Waals surface area contributed by atoms with Crippen molar-refractivity contribution in [1.82, 2.24) is 14.7 Å². The number of thiophene rings is 1. The molecule has 1 saturated carbocycles. The van der Waals surface area contributed by atoms with Crippen LogP contribution in [0.1, 0.15) is 43.9 Å². The van der Waals surface area contributed by atoms with Crippen LogP contribution in [0.3, 0.4) is 0 Å². The van der Waals surface area contributed by atoms with Gasteiger partial charge in [-0.2, -0.15) is 0 Å². The van der Waals surface area contributed by atoms with Crippen molar-refractivity contribution in [3.8, 4) is 0 Å². The van der Waals surface area contributed by atoms with E-state index in [4.69, 9.17) is 4.74 Å². The maximum Gasteiger partial charge on any atom is 0.409 e. The summed E-state index contributed by atoms with van der Waals surface area (Å²) in [5, 5.41) is 2.08. The minimum Gasteiger partial charge on any atom is -0.450 e. The Morgan fingerprint density at radius 3 is 2.42 bits per heavy atom. The van der Waals surface area contributed by atoms with Gasteiger partial charge in [-0.15, -0.1) is 11.3 Å². The lowest BCUT2D eigenvalue weighted by Crippen LogP contribution is -2.51. The van der Waals surface area contributed by atoms with Crippen LogP contribution in [-0.4, -0.2) is 78.5 Å². The predicted molar refractivity (Wildman–Crippen MR) is 119 cm³/mol. The molecule has 2 saturated heterocycles. The molecule has 8 heteroatoms. The molecule has 1 aliphatic carbocycles. The number of likely N-dealkylation sites (tertiary alicyclic amines) is 1. The van der Waals surface area contributed by atoms with Gasteiger partial charge in [-0.05, 0) is 55.9 Å². The van der Waals surface area contributed by atoms with Crippen molar-refractivity contribution < 1.29 is 19.1 Å². The minimum atomic E-state index is -0.287. The smallest absolute Gasteiger partial charge is 0.409 e. The Morgan fingerprint density at radius 2 is 1.77 bits per heavy atom. The van der Waals surface area contributed by atoms with Gasteiger partial charge >= 0.3 is 6.09 Å². The summed E-state index contributed by atoms with van der Waals surface area (Å²) >= 11 is 1.75. The van der Waals surface area contributed by atoms with Crippen LogP contribution in [0.25, 0.3) is 0 Å². The average molecular weight is 448 g/mol. The van der Waals surface area contributed by atoms with Gasteiger partial charge in [0.15, 0.2) is 0 Å². The number of rotatable bonds is 6. The number of piperazine rings is 1. The summed E-state index contributed by atoms with van der Waals surface area (Å²) in [6, 6.07) is 4.18. The standard InChI is InChI=1S/C23H33N3O4S/c1-2-30-22(29)26-14-12-25(13-15-26)21(28)19-17-23(19)8-10-24(11-9-23)20(27)7-3-5-18-6-4-16-31-18/h4,6,16,19H,2-3,5,7-15,17H2,1H3. The molecule has 3 heterocycles. The van der Waals surface area contributed by atoms with Crippen LogP contribution >= 0.6 is 11.3 Å². The van der Waals surface area contributed by atoms with Gasteiger partial charge in [0.2, 0.25) is 11.8 Å². The number of ether oxygens (including phenoxy) is 1. The maximum absolute atomic E-state index is 13.0. The first kappa shape index (κ1) is 22.1. The quantitative estimate of drug-likeness (QED) is 0.672. The van der Waals surface area contributed by atoms with Gasteiger partial charge < -0.3 is 19.4 Å². The molecule has 31 heavy (non-hydrogen) atoms. The van der Waals surface area contributed by atoms with Crippen molar-refractivity contribution in [3.05, 3.63) is 22.4 Å². The molecule has 3 fully saturated rings. The first-order valence-corrected chi connectivity index (χ1v) is 12.4. The molecule has 1 aromatic rings. The van der Waals surface area contributed by atoms with Crippen LogP contribution in [0.15, 0.2) is 17.5 Å². The van der Waals surface area contributed by atoms with Gasteiger partial charge in [0.05, 0.1) is 6.61 Å². The van der Waals surface area contributed by atoms with Gasteiger partial charge in [-0.1, -0.05) is 6.07 Å². The Hall–Kier alpha value is -2.09. The van der Waals surface area contributed by atoms with Crippen LogP contribution in [0.4, 0.5) is 4.79 Å². The van der Waals surface area contributed by atoms with E-state index in [0.29, 0.717) is 39.2 Å². The van der Waals surface area contributed by atoms with E-state index < -0.39 is 0 Å². The van der Waals surface area contributed by atoms with Crippen LogP contribution in [-0.2, 0) is 20.7 Å². The number of carbonyl (C=O) groups is 3. The third-order valence-electron chi connectivity index (χ3n) is 7.11. The van der Waals surface area contributed by atoms with Crippen molar-refractivity contribution in [1.29, 1.82) is 0 Å². The third kappa shape index (κ3) is 5.05. The average Bonchev–Trinajstić information content (AvgIpc) is 3.22. The second kappa shape index (κ2) is 9.59. The first-order chi connectivity index (χ1) is 15.0. The summed E-state index contributed by atoms with van der Waals surface area (Å²) in [5.74, 6) is 0.585. The molecule has 3 amide bonds. The molecule has 170 valence electrons. The van der Waals surface area contributed by atoms with Gasteiger partial charge in [0.25, 0.3) is 0 Å². The molecule has 0 N–H and O–H groups in total. The molecule has 7 nitrogen and oxygen atoms in total. The van der Waals surface area contributed by atoms with Crippen molar-refractivity contribution in [3.63, 3.8) is 0 Å². The lowest BCUT2D eigenvalue weighted by molar-refractivity contribution is -0.136.